The number of piperidine rings is 1. The van der Waals surface area contributed by atoms with E-state index in [1.807, 2.05) is 6.07 Å². The van der Waals surface area contributed by atoms with Crippen LogP contribution in [0.1, 0.15) is 24.7 Å². The van der Waals surface area contributed by atoms with E-state index in [1.165, 1.54) is 0 Å². The fourth-order valence-electron chi connectivity index (χ4n) is 2.49. The highest BCUT2D eigenvalue weighted by molar-refractivity contribution is 6.18. The summed E-state index contributed by atoms with van der Waals surface area (Å²) in [5, 5.41) is 2.36. The van der Waals surface area contributed by atoms with Crippen LogP contribution in [-0.2, 0) is 16.0 Å². The van der Waals surface area contributed by atoms with Crippen molar-refractivity contribution in [3.05, 3.63) is 24.2 Å². The number of carbonyl (C=O) groups excluding carboxylic acids is 2. The molecule has 1 N–H and O–H groups in total. The van der Waals surface area contributed by atoms with Crippen LogP contribution in [0.3, 0.4) is 0 Å². The third-order valence-electron chi connectivity index (χ3n) is 3.36. The number of halogens is 1. The van der Waals surface area contributed by atoms with Crippen LogP contribution in [0, 0.1) is 0 Å². The number of hydrogen-bond donors (Lipinski definition) is 1. The normalized spacial score (nSPS) is 19.4. The van der Waals surface area contributed by atoms with Crippen molar-refractivity contribution in [2.75, 3.05) is 5.88 Å². The molecule has 2 amide bonds. The second kappa shape index (κ2) is 5.20. The van der Waals surface area contributed by atoms with Crippen molar-refractivity contribution in [1.29, 1.82) is 0 Å². The molecule has 2 aromatic heterocycles. The number of nitrogens with one attached hydrogen (secondary N) is 1. The Kier molecular flexibility index (Phi) is 3.40. The Labute approximate surface area is 120 Å². The standard InChI is InChI=1S/C13H13ClN4O2/c14-6-5-10-16-8-2-1-7-15-12(8)18(10)9-3-4-11(19)17-13(9)20/h1-2,7,9H,3-6H2,(H,17,19,20). The summed E-state index contributed by atoms with van der Waals surface area (Å²) in [6, 6.07) is 3.20. The molecule has 1 unspecified atom stereocenters. The van der Waals surface area contributed by atoms with Gasteiger partial charge in [-0.25, -0.2) is 9.97 Å². The Morgan fingerprint density at radius 3 is 3.05 bits per heavy atom. The summed E-state index contributed by atoms with van der Waals surface area (Å²) in [4.78, 5) is 32.1. The van der Waals surface area contributed by atoms with Crippen molar-refractivity contribution in [2.24, 2.45) is 0 Å². The molecule has 7 heteroatoms. The van der Waals surface area contributed by atoms with Crippen molar-refractivity contribution in [2.45, 2.75) is 25.3 Å². The number of aryl methyl sites for hydroxylation is 1. The van der Waals surface area contributed by atoms with Crippen LogP contribution in [0.2, 0.25) is 0 Å². The lowest BCUT2D eigenvalue weighted by molar-refractivity contribution is -0.135. The third-order valence-corrected chi connectivity index (χ3v) is 3.55. The summed E-state index contributed by atoms with van der Waals surface area (Å²) >= 11 is 5.81. The zero-order chi connectivity index (χ0) is 14.1. The molecule has 1 aliphatic rings. The van der Waals surface area contributed by atoms with Crippen LogP contribution in [0.4, 0.5) is 0 Å². The van der Waals surface area contributed by atoms with Gasteiger partial charge in [0.15, 0.2) is 5.65 Å². The molecule has 3 rings (SSSR count). The van der Waals surface area contributed by atoms with E-state index in [2.05, 4.69) is 15.3 Å². The summed E-state index contributed by atoms with van der Waals surface area (Å²) in [6.07, 6.45) is 3.00. The van der Waals surface area contributed by atoms with Crippen LogP contribution >= 0.6 is 11.6 Å². The van der Waals surface area contributed by atoms with Gasteiger partial charge in [0.25, 0.3) is 0 Å². The minimum absolute atomic E-state index is 0.234. The van der Waals surface area contributed by atoms with E-state index in [0.717, 1.165) is 11.3 Å². The predicted molar refractivity (Wildman–Crippen MR) is 73.4 cm³/mol. The number of rotatable bonds is 3. The lowest BCUT2D eigenvalue weighted by Gasteiger charge is -2.23. The largest absolute Gasteiger partial charge is 0.300 e. The molecule has 0 aliphatic carbocycles. The Morgan fingerprint density at radius 2 is 2.30 bits per heavy atom. The summed E-state index contributed by atoms with van der Waals surface area (Å²) in [5.74, 6) is 0.601. The Morgan fingerprint density at radius 1 is 1.45 bits per heavy atom. The second-order valence-corrected chi connectivity index (χ2v) is 5.03. The summed E-state index contributed by atoms with van der Waals surface area (Å²) in [5.41, 5.74) is 1.39. The molecule has 0 saturated carbocycles. The van der Waals surface area contributed by atoms with Gasteiger partial charge in [-0.3, -0.25) is 19.5 Å². The Bertz CT molecular complexity index is 682. The number of amides is 2. The van der Waals surface area contributed by atoms with Gasteiger partial charge in [0.2, 0.25) is 11.8 Å². The molecule has 1 atom stereocenters. The van der Waals surface area contributed by atoms with E-state index < -0.39 is 6.04 Å². The average molecular weight is 293 g/mol. The summed E-state index contributed by atoms with van der Waals surface area (Å²) < 4.78 is 1.81. The maximum atomic E-state index is 12.1. The van der Waals surface area contributed by atoms with Crippen molar-refractivity contribution in [1.82, 2.24) is 19.9 Å². The number of pyridine rings is 1. The maximum absolute atomic E-state index is 12.1. The quantitative estimate of drug-likeness (QED) is 0.681. The predicted octanol–water partition coefficient (Wildman–Crippen LogP) is 1.19. The van der Waals surface area contributed by atoms with Crippen molar-refractivity contribution in [3.8, 4) is 0 Å². The summed E-state index contributed by atoms with van der Waals surface area (Å²) in [7, 11) is 0. The highest BCUT2D eigenvalue weighted by Crippen LogP contribution is 2.25. The first kappa shape index (κ1) is 13.1. The molecule has 1 saturated heterocycles. The first-order chi connectivity index (χ1) is 9.70. The molecule has 0 radical (unpaired) electrons. The molecule has 0 spiro atoms. The number of nitrogens with zero attached hydrogens (tertiary/aromatic N) is 3. The second-order valence-electron chi connectivity index (χ2n) is 4.65. The highest BCUT2D eigenvalue weighted by Gasteiger charge is 2.31. The number of imide groups is 1. The fourth-order valence-corrected chi connectivity index (χ4v) is 2.66. The van der Waals surface area contributed by atoms with Gasteiger partial charge in [0.1, 0.15) is 17.4 Å². The molecule has 20 heavy (non-hydrogen) atoms. The smallest absolute Gasteiger partial charge is 0.249 e. The van der Waals surface area contributed by atoms with Crippen molar-refractivity contribution in [3.63, 3.8) is 0 Å². The number of carbonyl (C=O) groups is 2. The van der Waals surface area contributed by atoms with E-state index in [0.29, 0.717) is 30.8 Å². The average Bonchev–Trinajstić information content (AvgIpc) is 2.78. The zero-order valence-corrected chi connectivity index (χ0v) is 11.4. The molecular formula is C13H13ClN4O2. The van der Waals surface area contributed by atoms with Crippen LogP contribution < -0.4 is 5.32 Å². The minimum atomic E-state index is -0.453. The lowest BCUT2D eigenvalue weighted by Crippen LogP contribution is -2.42. The molecule has 104 valence electrons. The fraction of sp³-hybridized carbons (Fsp3) is 0.385. The van der Waals surface area contributed by atoms with Crippen LogP contribution in [0.15, 0.2) is 18.3 Å². The van der Waals surface area contributed by atoms with Gasteiger partial charge in [-0.05, 0) is 18.6 Å². The number of fused-ring (bicyclic) bond motifs is 1. The van der Waals surface area contributed by atoms with E-state index in [-0.39, 0.29) is 11.8 Å². The van der Waals surface area contributed by atoms with Crippen LogP contribution in [0.25, 0.3) is 11.2 Å². The van der Waals surface area contributed by atoms with Gasteiger partial charge in [0, 0.05) is 24.9 Å². The molecule has 0 bridgehead atoms. The third kappa shape index (κ3) is 2.16. The molecular weight excluding hydrogens is 280 g/mol. The van der Waals surface area contributed by atoms with Gasteiger partial charge < -0.3 is 0 Å². The van der Waals surface area contributed by atoms with E-state index >= 15 is 0 Å². The first-order valence-corrected chi connectivity index (χ1v) is 6.95. The van der Waals surface area contributed by atoms with Crippen molar-refractivity contribution >= 4 is 34.6 Å². The molecule has 1 aliphatic heterocycles. The van der Waals surface area contributed by atoms with Gasteiger partial charge >= 0.3 is 0 Å². The first-order valence-electron chi connectivity index (χ1n) is 6.42. The Hall–Kier alpha value is -1.95. The topological polar surface area (TPSA) is 76.9 Å². The van der Waals surface area contributed by atoms with E-state index in [4.69, 9.17) is 11.6 Å². The zero-order valence-electron chi connectivity index (χ0n) is 10.7. The van der Waals surface area contributed by atoms with Crippen molar-refractivity contribution < 1.29 is 9.59 Å². The van der Waals surface area contributed by atoms with Crippen LogP contribution in [0.5, 0.6) is 0 Å². The van der Waals surface area contributed by atoms with Crippen LogP contribution in [-0.4, -0.2) is 32.2 Å². The maximum Gasteiger partial charge on any atom is 0.249 e. The number of alkyl halides is 1. The van der Waals surface area contributed by atoms with E-state index in [9.17, 15) is 9.59 Å². The molecule has 6 nitrogen and oxygen atoms in total. The lowest BCUT2D eigenvalue weighted by atomic mass is 10.1. The van der Waals surface area contributed by atoms with Gasteiger partial charge in [-0.15, -0.1) is 11.6 Å². The number of hydrogen-bond acceptors (Lipinski definition) is 4. The van der Waals surface area contributed by atoms with Gasteiger partial charge in [-0.2, -0.15) is 0 Å². The minimum Gasteiger partial charge on any atom is -0.300 e. The highest BCUT2D eigenvalue weighted by atomic mass is 35.5. The monoisotopic (exact) mass is 292 g/mol. The molecule has 2 aromatic rings. The number of imidazole rings is 1. The molecule has 1 fully saturated rings. The van der Waals surface area contributed by atoms with Gasteiger partial charge in [0.05, 0.1) is 0 Å². The van der Waals surface area contributed by atoms with Gasteiger partial charge in [-0.1, -0.05) is 0 Å². The molecule has 3 heterocycles. The number of aromatic nitrogens is 3. The molecule has 0 aromatic carbocycles. The summed E-state index contributed by atoms with van der Waals surface area (Å²) in [6.45, 7) is 0. The Balaban J connectivity index is 2.10. The van der Waals surface area contributed by atoms with E-state index in [1.54, 1.807) is 16.8 Å². The SMILES string of the molecule is O=C1CCC(n2c(CCCl)nc3cccnc32)C(=O)N1.